The molecule has 1 fully saturated rings. The number of carbonyl (C=O) groups is 1. The van der Waals surface area contributed by atoms with E-state index in [1.54, 1.807) is 0 Å². The van der Waals surface area contributed by atoms with Crippen molar-refractivity contribution in [3.63, 3.8) is 0 Å². The van der Waals surface area contributed by atoms with Crippen molar-refractivity contribution in [2.24, 2.45) is 0 Å². The molecule has 0 aromatic heterocycles. The first-order valence-corrected chi connectivity index (χ1v) is 5.14. The SMILES string of the molecule is CCC(=O)N1CC(c2ccccc2)C1. The van der Waals surface area contributed by atoms with Gasteiger partial charge in [0.2, 0.25) is 5.91 Å². The molecule has 2 heteroatoms. The normalized spacial score (nSPS) is 16.5. The van der Waals surface area contributed by atoms with Crippen LogP contribution in [0.1, 0.15) is 24.8 Å². The summed E-state index contributed by atoms with van der Waals surface area (Å²) in [6, 6.07) is 10.4. The summed E-state index contributed by atoms with van der Waals surface area (Å²) >= 11 is 0. The fourth-order valence-electron chi connectivity index (χ4n) is 1.84. The van der Waals surface area contributed by atoms with Crippen LogP contribution in [0.4, 0.5) is 0 Å². The van der Waals surface area contributed by atoms with E-state index in [0.717, 1.165) is 13.1 Å². The van der Waals surface area contributed by atoms with Gasteiger partial charge in [0.05, 0.1) is 0 Å². The summed E-state index contributed by atoms with van der Waals surface area (Å²) in [5.74, 6) is 0.837. The number of carbonyl (C=O) groups excluding carboxylic acids is 1. The van der Waals surface area contributed by atoms with Gasteiger partial charge in [0.25, 0.3) is 0 Å². The van der Waals surface area contributed by atoms with Crippen molar-refractivity contribution in [2.75, 3.05) is 13.1 Å². The number of likely N-dealkylation sites (tertiary alicyclic amines) is 1. The van der Waals surface area contributed by atoms with Crippen LogP contribution in [0, 0.1) is 0 Å². The number of hydrogen-bond acceptors (Lipinski definition) is 1. The highest BCUT2D eigenvalue weighted by Gasteiger charge is 2.30. The van der Waals surface area contributed by atoms with Gasteiger partial charge in [-0.05, 0) is 5.56 Å². The lowest BCUT2D eigenvalue weighted by molar-refractivity contribution is -0.135. The van der Waals surface area contributed by atoms with Crippen LogP contribution in [-0.4, -0.2) is 23.9 Å². The van der Waals surface area contributed by atoms with Gasteiger partial charge in [0.1, 0.15) is 0 Å². The summed E-state index contributed by atoms with van der Waals surface area (Å²) in [5.41, 5.74) is 1.35. The molecule has 14 heavy (non-hydrogen) atoms. The maximum atomic E-state index is 11.3. The molecule has 0 saturated carbocycles. The van der Waals surface area contributed by atoms with Crippen molar-refractivity contribution < 1.29 is 4.79 Å². The Bertz CT molecular complexity index is 314. The van der Waals surface area contributed by atoms with Crippen LogP contribution in [-0.2, 0) is 4.79 Å². The fraction of sp³-hybridized carbons (Fsp3) is 0.417. The summed E-state index contributed by atoms with van der Waals surface area (Å²) in [7, 11) is 0. The molecule has 0 N–H and O–H groups in total. The minimum absolute atomic E-state index is 0.275. The molecule has 1 aliphatic heterocycles. The van der Waals surface area contributed by atoms with E-state index in [-0.39, 0.29) is 5.91 Å². The van der Waals surface area contributed by atoms with E-state index in [1.165, 1.54) is 5.56 Å². The van der Waals surface area contributed by atoms with Gasteiger partial charge in [0, 0.05) is 25.4 Å². The van der Waals surface area contributed by atoms with Crippen molar-refractivity contribution in [1.82, 2.24) is 4.90 Å². The van der Waals surface area contributed by atoms with Crippen LogP contribution in [0.2, 0.25) is 0 Å². The molecular weight excluding hydrogens is 174 g/mol. The van der Waals surface area contributed by atoms with Gasteiger partial charge < -0.3 is 4.90 Å². The lowest BCUT2D eigenvalue weighted by atomic mass is 9.91. The Morgan fingerprint density at radius 3 is 2.57 bits per heavy atom. The molecule has 0 radical (unpaired) electrons. The minimum atomic E-state index is 0.275. The predicted molar refractivity (Wildman–Crippen MR) is 56.1 cm³/mol. The molecule has 1 aliphatic rings. The molecule has 1 aromatic carbocycles. The van der Waals surface area contributed by atoms with Crippen LogP contribution < -0.4 is 0 Å². The van der Waals surface area contributed by atoms with Crippen molar-refractivity contribution in [2.45, 2.75) is 19.3 Å². The van der Waals surface area contributed by atoms with E-state index in [9.17, 15) is 4.79 Å². The Morgan fingerprint density at radius 1 is 1.36 bits per heavy atom. The number of hydrogen-bond donors (Lipinski definition) is 0. The minimum Gasteiger partial charge on any atom is -0.341 e. The third-order valence-corrected chi connectivity index (χ3v) is 2.81. The first kappa shape index (κ1) is 9.25. The van der Waals surface area contributed by atoms with Crippen molar-refractivity contribution >= 4 is 5.91 Å². The molecule has 2 nitrogen and oxygen atoms in total. The molecule has 1 aromatic rings. The Morgan fingerprint density at radius 2 is 2.00 bits per heavy atom. The van der Waals surface area contributed by atoms with Crippen LogP contribution in [0.25, 0.3) is 0 Å². The molecule has 0 unspecified atom stereocenters. The molecule has 2 rings (SSSR count). The Hall–Kier alpha value is -1.31. The molecule has 1 heterocycles. The Balaban J connectivity index is 1.92. The zero-order chi connectivity index (χ0) is 9.97. The second-order valence-electron chi connectivity index (χ2n) is 3.76. The largest absolute Gasteiger partial charge is 0.341 e. The molecule has 0 atom stereocenters. The van der Waals surface area contributed by atoms with Crippen LogP contribution >= 0.6 is 0 Å². The molecule has 0 aliphatic carbocycles. The highest BCUT2D eigenvalue weighted by atomic mass is 16.2. The first-order chi connectivity index (χ1) is 6.81. The molecule has 0 spiro atoms. The van der Waals surface area contributed by atoms with Gasteiger partial charge in [-0.2, -0.15) is 0 Å². The molecular formula is C12H15NO. The number of rotatable bonds is 2. The summed E-state index contributed by atoms with van der Waals surface area (Å²) in [5, 5.41) is 0. The van der Waals surface area contributed by atoms with Crippen LogP contribution in [0.5, 0.6) is 0 Å². The molecule has 1 amide bonds. The maximum absolute atomic E-state index is 11.3. The smallest absolute Gasteiger partial charge is 0.222 e. The standard InChI is InChI=1S/C12H15NO/c1-2-12(14)13-8-11(9-13)10-6-4-3-5-7-10/h3-7,11H,2,8-9H2,1H3. The van der Waals surface area contributed by atoms with Gasteiger partial charge in [-0.3, -0.25) is 4.79 Å². The topological polar surface area (TPSA) is 20.3 Å². The van der Waals surface area contributed by atoms with Crippen LogP contribution in [0.3, 0.4) is 0 Å². The summed E-state index contributed by atoms with van der Waals surface area (Å²) in [6.07, 6.45) is 0.626. The molecule has 74 valence electrons. The zero-order valence-electron chi connectivity index (χ0n) is 8.44. The fourth-order valence-corrected chi connectivity index (χ4v) is 1.84. The van der Waals surface area contributed by atoms with E-state index in [0.29, 0.717) is 12.3 Å². The van der Waals surface area contributed by atoms with Gasteiger partial charge in [-0.15, -0.1) is 0 Å². The summed E-state index contributed by atoms with van der Waals surface area (Å²) in [4.78, 5) is 13.2. The summed E-state index contributed by atoms with van der Waals surface area (Å²) in [6.45, 7) is 3.71. The molecule has 0 bridgehead atoms. The van der Waals surface area contributed by atoms with E-state index >= 15 is 0 Å². The van der Waals surface area contributed by atoms with E-state index in [4.69, 9.17) is 0 Å². The Kier molecular flexibility index (Phi) is 2.53. The highest BCUT2D eigenvalue weighted by Crippen LogP contribution is 2.26. The predicted octanol–water partition coefficient (Wildman–Crippen LogP) is 2.02. The van der Waals surface area contributed by atoms with E-state index < -0.39 is 0 Å². The monoisotopic (exact) mass is 189 g/mol. The van der Waals surface area contributed by atoms with E-state index in [1.807, 2.05) is 17.9 Å². The van der Waals surface area contributed by atoms with Crippen LogP contribution in [0.15, 0.2) is 30.3 Å². The Labute approximate surface area is 84.5 Å². The highest BCUT2D eigenvalue weighted by molar-refractivity contribution is 5.77. The van der Waals surface area contributed by atoms with Gasteiger partial charge in [-0.1, -0.05) is 37.3 Å². The number of benzene rings is 1. The van der Waals surface area contributed by atoms with Gasteiger partial charge >= 0.3 is 0 Å². The second-order valence-corrected chi connectivity index (χ2v) is 3.76. The van der Waals surface area contributed by atoms with Crippen molar-refractivity contribution in [3.05, 3.63) is 35.9 Å². The summed E-state index contributed by atoms with van der Waals surface area (Å²) < 4.78 is 0. The first-order valence-electron chi connectivity index (χ1n) is 5.14. The third kappa shape index (κ3) is 1.65. The maximum Gasteiger partial charge on any atom is 0.222 e. The lowest BCUT2D eigenvalue weighted by Crippen LogP contribution is -2.48. The average molecular weight is 189 g/mol. The third-order valence-electron chi connectivity index (χ3n) is 2.81. The zero-order valence-corrected chi connectivity index (χ0v) is 8.44. The number of amides is 1. The second kappa shape index (κ2) is 3.82. The van der Waals surface area contributed by atoms with Gasteiger partial charge in [-0.25, -0.2) is 0 Å². The van der Waals surface area contributed by atoms with Crippen molar-refractivity contribution in [3.8, 4) is 0 Å². The quantitative estimate of drug-likeness (QED) is 0.697. The molecule has 1 saturated heterocycles. The van der Waals surface area contributed by atoms with Gasteiger partial charge in [0.15, 0.2) is 0 Å². The lowest BCUT2D eigenvalue weighted by Gasteiger charge is -2.39. The van der Waals surface area contributed by atoms with E-state index in [2.05, 4.69) is 24.3 Å². The average Bonchev–Trinajstić information content (AvgIpc) is 2.17. The number of nitrogens with zero attached hydrogens (tertiary/aromatic N) is 1. The van der Waals surface area contributed by atoms with Crippen molar-refractivity contribution in [1.29, 1.82) is 0 Å².